The summed E-state index contributed by atoms with van der Waals surface area (Å²) >= 11 is 0. The highest BCUT2D eigenvalue weighted by Crippen LogP contribution is 2.10. The third-order valence-corrected chi connectivity index (χ3v) is 3.21. The Morgan fingerprint density at radius 3 is 2.14 bits per heavy atom. The first-order valence-electron chi connectivity index (χ1n) is 7.50. The van der Waals surface area contributed by atoms with Crippen molar-refractivity contribution in [2.75, 3.05) is 33.2 Å². The molecule has 2 N–H and O–H groups in total. The molecule has 21 heavy (non-hydrogen) atoms. The van der Waals surface area contributed by atoms with Crippen LogP contribution >= 0.6 is 24.0 Å². The van der Waals surface area contributed by atoms with Crippen molar-refractivity contribution in [2.45, 2.75) is 33.2 Å². The second-order valence-corrected chi connectivity index (χ2v) is 5.22. The number of aliphatic imine (C=N–C) groups is 1. The Bertz CT molecular complexity index is 293. The van der Waals surface area contributed by atoms with E-state index < -0.39 is 0 Å². The fourth-order valence-electron chi connectivity index (χ4n) is 2.13. The number of nitrogens with one attached hydrogen (secondary N) is 2. The molecule has 0 radical (unpaired) electrons. The lowest BCUT2D eigenvalue weighted by Gasteiger charge is -2.33. The number of halogens is 1. The normalized spacial score (nSPS) is 12.8. The third kappa shape index (κ3) is 9.90. The second kappa shape index (κ2) is 14.4. The van der Waals surface area contributed by atoms with Gasteiger partial charge in [-0.15, -0.1) is 37.1 Å². The van der Waals surface area contributed by atoms with Crippen LogP contribution in [0.25, 0.3) is 0 Å². The average Bonchev–Trinajstić information content (AvgIpc) is 2.42. The van der Waals surface area contributed by atoms with Gasteiger partial charge in [-0.2, -0.15) is 0 Å². The molecule has 0 aromatic rings. The summed E-state index contributed by atoms with van der Waals surface area (Å²) in [7, 11) is 1.81. The highest BCUT2D eigenvalue weighted by atomic mass is 127. The molecule has 0 aromatic heterocycles. The van der Waals surface area contributed by atoms with Gasteiger partial charge in [-0.25, -0.2) is 0 Å². The van der Waals surface area contributed by atoms with Gasteiger partial charge in [0.2, 0.25) is 0 Å². The van der Waals surface area contributed by atoms with Crippen molar-refractivity contribution in [3.63, 3.8) is 0 Å². The molecule has 0 amide bonds. The molecule has 1 atom stereocenters. The van der Waals surface area contributed by atoms with Crippen LogP contribution in [0.3, 0.4) is 0 Å². The van der Waals surface area contributed by atoms with Gasteiger partial charge in [-0.1, -0.05) is 32.9 Å². The van der Waals surface area contributed by atoms with Crippen LogP contribution in [0.4, 0.5) is 0 Å². The largest absolute Gasteiger partial charge is 0.356 e. The van der Waals surface area contributed by atoms with Crippen LogP contribution < -0.4 is 10.6 Å². The minimum atomic E-state index is 0. The van der Waals surface area contributed by atoms with Crippen LogP contribution in [0, 0.1) is 5.92 Å². The molecule has 0 bridgehead atoms. The van der Waals surface area contributed by atoms with E-state index in [9.17, 15) is 0 Å². The number of hydrogen-bond donors (Lipinski definition) is 2. The summed E-state index contributed by atoms with van der Waals surface area (Å²) in [6.07, 6.45) is 4.99. The maximum absolute atomic E-state index is 4.24. The molecule has 0 saturated carbocycles. The Labute approximate surface area is 148 Å². The van der Waals surface area contributed by atoms with Gasteiger partial charge in [0, 0.05) is 39.3 Å². The van der Waals surface area contributed by atoms with Crippen molar-refractivity contribution in [1.82, 2.24) is 15.5 Å². The maximum atomic E-state index is 4.24. The molecule has 124 valence electrons. The van der Waals surface area contributed by atoms with Crippen LogP contribution in [-0.2, 0) is 0 Å². The minimum Gasteiger partial charge on any atom is -0.356 e. The zero-order valence-electron chi connectivity index (χ0n) is 14.1. The Morgan fingerprint density at radius 2 is 1.76 bits per heavy atom. The maximum Gasteiger partial charge on any atom is 0.191 e. The first-order chi connectivity index (χ1) is 9.60. The molecule has 0 saturated heterocycles. The molecule has 0 aliphatic heterocycles. The van der Waals surface area contributed by atoms with Gasteiger partial charge in [-0.3, -0.25) is 9.89 Å². The Hall–Kier alpha value is -0.560. The van der Waals surface area contributed by atoms with E-state index in [2.05, 4.69) is 54.5 Å². The lowest BCUT2D eigenvalue weighted by molar-refractivity contribution is 0.190. The summed E-state index contributed by atoms with van der Waals surface area (Å²) in [5.41, 5.74) is 0. The van der Waals surface area contributed by atoms with Gasteiger partial charge in [0.1, 0.15) is 0 Å². The van der Waals surface area contributed by atoms with Crippen LogP contribution in [0.2, 0.25) is 0 Å². The molecular formula is C16H33IN4. The molecule has 0 aromatic carbocycles. The highest BCUT2D eigenvalue weighted by molar-refractivity contribution is 14.0. The van der Waals surface area contributed by atoms with Crippen molar-refractivity contribution in [3.05, 3.63) is 25.3 Å². The third-order valence-electron chi connectivity index (χ3n) is 3.21. The second-order valence-electron chi connectivity index (χ2n) is 5.22. The van der Waals surface area contributed by atoms with Crippen LogP contribution in [-0.4, -0.2) is 50.1 Å². The van der Waals surface area contributed by atoms with Crippen molar-refractivity contribution in [1.29, 1.82) is 0 Å². The fourth-order valence-corrected chi connectivity index (χ4v) is 2.13. The predicted molar refractivity (Wildman–Crippen MR) is 106 cm³/mol. The van der Waals surface area contributed by atoms with E-state index in [4.69, 9.17) is 0 Å². The van der Waals surface area contributed by atoms with E-state index >= 15 is 0 Å². The van der Waals surface area contributed by atoms with Gasteiger partial charge in [0.25, 0.3) is 0 Å². The molecule has 0 rings (SSSR count). The molecule has 0 aliphatic carbocycles. The molecule has 4 nitrogen and oxygen atoms in total. The number of nitrogens with zero attached hydrogens (tertiary/aromatic N) is 2. The van der Waals surface area contributed by atoms with E-state index in [0.29, 0.717) is 12.0 Å². The average molecular weight is 408 g/mol. The van der Waals surface area contributed by atoms with Gasteiger partial charge in [-0.05, 0) is 12.3 Å². The summed E-state index contributed by atoms with van der Waals surface area (Å²) in [4.78, 5) is 6.62. The van der Waals surface area contributed by atoms with E-state index in [-0.39, 0.29) is 24.0 Å². The summed E-state index contributed by atoms with van der Waals surface area (Å²) < 4.78 is 0. The van der Waals surface area contributed by atoms with Crippen molar-refractivity contribution >= 4 is 29.9 Å². The van der Waals surface area contributed by atoms with Gasteiger partial charge < -0.3 is 10.6 Å². The molecule has 0 aliphatic rings. The van der Waals surface area contributed by atoms with Crippen molar-refractivity contribution in [3.8, 4) is 0 Å². The quantitative estimate of drug-likeness (QED) is 0.253. The van der Waals surface area contributed by atoms with Crippen molar-refractivity contribution < 1.29 is 0 Å². The summed E-state index contributed by atoms with van der Waals surface area (Å²) in [6, 6.07) is 0.422. The molecule has 0 heterocycles. The number of rotatable bonds is 10. The van der Waals surface area contributed by atoms with Gasteiger partial charge in [0.05, 0.1) is 0 Å². The molecule has 5 heteroatoms. The van der Waals surface area contributed by atoms with Gasteiger partial charge in [0.15, 0.2) is 5.96 Å². The van der Waals surface area contributed by atoms with Crippen LogP contribution in [0.1, 0.15) is 27.2 Å². The fraction of sp³-hybridized carbons (Fsp3) is 0.688. The summed E-state index contributed by atoms with van der Waals surface area (Å²) in [5, 5.41) is 6.71. The number of guanidine groups is 1. The highest BCUT2D eigenvalue weighted by Gasteiger charge is 2.20. The monoisotopic (exact) mass is 408 g/mol. The summed E-state index contributed by atoms with van der Waals surface area (Å²) in [6.45, 7) is 17.9. The Kier molecular flexibility index (Phi) is 15.6. The Morgan fingerprint density at radius 1 is 1.19 bits per heavy atom. The molecule has 0 fully saturated rings. The van der Waals surface area contributed by atoms with E-state index in [1.54, 1.807) is 7.05 Å². The minimum absolute atomic E-state index is 0. The van der Waals surface area contributed by atoms with Crippen molar-refractivity contribution in [2.24, 2.45) is 10.9 Å². The first kappa shape index (κ1) is 22.7. The predicted octanol–water partition coefficient (Wildman–Crippen LogP) is 2.88. The van der Waals surface area contributed by atoms with E-state index in [1.807, 2.05) is 12.2 Å². The number of hydrogen-bond acceptors (Lipinski definition) is 2. The lowest BCUT2D eigenvalue weighted by Crippen LogP contribution is -2.49. The smallest absolute Gasteiger partial charge is 0.191 e. The zero-order chi connectivity index (χ0) is 15.4. The standard InChI is InChI=1S/C16H32N4.HI/c1-7-10-18-16(17-6)19-13-15(14(4)5)20(11-8-2)12-9-3;/h8-9,14-15H,2-3,7,10-13H2,1,4-6H3,(H2,17,18,19);1H. The van der Waals surface area contributed by atoms with Crippen LogP contribution in [0.15, 0.2) is 30.3 Å². The van der Waals surface area contributed by atoms with E-state index in [0.717, 1.165) is 38.6 Å². The van der Waals surface area contributed by atoms with Crippen LogP contribution in [0.5, 0.6) is 0 Å². The molecule has 1 unspecified atom stereocenters. The SMILES string of the molecule is C=CCN(CC=C)C(CNC(=NC)NCCC)C(C)C.I. The topological polar surface area (TPSA) is 39.7 Å². The van der Waals surface area contributed by atoms with Gasteiger partial charge >= 0.3 is 0 Å². The first-order valence-corrected chi connectivity index (χ1v) is 7.50. The molecule has 0 spiro atoms. The lowest BCUT2D eigenvalue weighted by atomic mass is 10.0. The molecular weight excluding hydrogens is 375 g/mol. The summed E-state index contributed by atoms with van der Waals surface area (Å²) in [5.74, 6) is 1.42. The Balaban J connectivity index is 0. The van der Waals surface area contributed by atoms with E-state index in [1.165, 1.54) is 0 Å². The zero-order valence-corrected chi connectivity index (χ0v) is 16.4.